The number of carbonyl (C=O) groups is 1. The zero-order valence-electron chi connectivity index (χ0n) is 18.1. The summed E-state index contributed by atoms with van der Waals surface area (Å²) in [5.41, 5.74) is 2.10. The van der Waals surface area contributed by atoms with E-state index in [9.17, 15) is 14.7 Å². The number of rotatable bonds is 6. The first-order chi connectivity index (χ1) is 15.5. The van der Waals surface area contributed by atoms with Gasteiger partial charge in [-0.15, -0.1) is 0 Å². The number of benzene rings is 2. The van der Waals surface area contributed by atoms with Crippen molar-refractivity contribution in [3.05, 3.63) is 99.5 Å². The molecule has 0 atom stereocenters. The van der Waals surface area contributed by atoms with Crippen LogP contribution in [0.25, 0.3) is 0 Å². The van der Waals surface area contributed by atoms with E-state index in [0.717, 1.165) is 6.42 Å². The highest BCUT2D eigenvalue weighted by Crippen LogP contribution is 2.20. The van der Waals surface area contributed by atoms with Crippen LogP contribution in [0, 0.1) is 0 Å². The average Bonchev–Trinajstić information content (AvgIpc) is 2.82. The molecule has 7 heteroatoms. The lowest BCUT2D eigenvalue weighted by Crippen LogP contribution is -2.43. The molecule has 0 saturated heterocycles. The number of amides is 1. The van der Waals surface area contributed by atoms with Crippen molar-refractivity contribution in [3.63, 3.8) is 0 Å². The van der Waals surface area contributed by atoms with Gasteiger partial charge in [-0.3, -0.25) is 9.59 Å². The summed E-state index contributed by atoms with van der Waals surface area (Å²) in [7, 11) is 1.54. The molecule has 2 heterocycles. The highest BCUT2D eigenvalue weighted by atomic mass is 16.5. The van der Waals surface area contributed by atoms with Crippen LogP contribution in [-0.2, 0) is 24.3 Å². The first kappa shape index (κ1) is 23.2. The van der Waals surface area contributed by atoms with Gasteiger partial charge in [0.15, 0.2) is 11.4 Å². The Labute approximate surface area is 187 Å². The minimum Gasteiger partial charge on any atom is -0.503 e. The number of ether oxygens (including phenoxy) is 1. The van der Waals surface area contributed by atoms with Crippen LogP contribution in [0.1, 0.15) is 27.2 Å². The summed E-state index contributed by atoms with van der Waals surface area (Å²) >= 11 is 0. The van der Waals surface area contributed by atoms with E-state index in [4.69, 9.17) is 9.84 Å². The number of aliphatic hydroxyl groups excluding tert-OH is 1. The van der Waals surface area contributed by atoms with E-state index in [1.165, 1.54) is 33.9 Å². The Bertz CT molecular complexity index is 1040. The Morgan fingerprint density at radius 2 is 1.53 bits per heavy atom. The SMILES string of the molecule is COCCN1CCn2cc(CO)c(=O)c(O)c2C1=O.c1ccc(Cc2ccccc2)cc1. The number of fused-ring (bicyclic) bond motifs is 1. The van der Waals surface area contributed by atoms with Crippen LogP contribution in [0.15, 0.2) is 71.7 Å². The number of carbonyl (C=O) groups excluding carboxylic acids is 1. The van der Waals surface area contributed by atoms with E-state index in [1.807, 2.05) is 0 Å². The molecule has 1 amide bonds. The maximum atomic E-state index is 12.2. The van der Waals surface area contributed by atoms with Crippen molar-refractivity contribution in [1.82, 2.24) is 9.47 Å². The van der Waals surface area contributed by atoms with Gasteiger partial charge in [0.05, 0.1) is 13.2 Å². The monoisotopic (exact) mass is 436 g/mol. The van der Waals surface area contributed by atoms with Gasteiger partial charge in [-0.2, -0.15) is 0 Å². The van der Waals surface area contributed by atoms with Crippen LogP contribution < -0.4 is 5.43 Å². The maximum absolute atomic E-state index is 12.2. The normalized spacial score (nSPS) is 12.7. The molecule has 3 aromatic rings. The summed E-state index contributed by atoms with van der Waals surface area (Å²) in [6, 6.07) is 21.1. The Morgan fingerprint density at radius 1 is 0.938 bits per heavy atom. The zero-order valence-corrected chi connectivity index (χ0v) is 18.1. The van der Waals surface area contributed by atoms with E-state index in [1.54, 1.807) is 0 Å². The molecule has 0 radical (unpaired) electrons. The summed E-state index contributed by atoms with van der Waals surface area (Å²) in [5.74, 6) is -0.999. The number of nitrogens with zero attached hydrogens (tertiary/aromatic N) is 2. The van der Waals surface area contributed by atoms with Gasteiger partial charge in [-0.1, -0.05) is 60.7 Å². The molecule has 7 nitrogen and oxygen atoms in total. The average molecular weight is 437 g/mol. The molecular weight excluding hydrogens is 408 g/mol. The number of pyridine rings is 1. The third-order valence-corrected chi connectivity index (χ3v) is 5.26. The van der Waals surface area contributed by atoms with Gasteiger partial charge in [-0.05, 0) is 17.5 Å². The summed E-state index contributed by atoms with van der Waals surface area (Å²) in [6.07, 6.45) is 2.45. The van der Waals surface area contributed by atoms with Gasteiger partial charge in [-0.25, -0.2) is 0 Å². The Balaban J connectivity index is 0.000000193. The lowest BCUT2D eigenvalue weighted by molar-refractivity contribution is 0.0633. The summed E-state index contributed by atoms with van der Waals surface area (Å²) < 4.78 is 6.42. The molecular formula is C25H28N2O5. The van der Waals surface area contributed by atoms with Crippen molar-refractivity contribution in [2.24, 2.45) is 0 Å². The van der Waals surface area contributed by atoms with Crippen LogP contribution in [0.2, 0.25) is 0 Å². The molecule has 0 saturated carbocycles. The summed E-state index contributed by atoms with van der Waals surface area (Å²) in [6.45, 7) is 1.28. The number of aromatic nitrogens is 1. The highest BCUT2D eigenvalue weighted by Gasteiger charge is 2.28. The second-order valence-corrected chi connectivity index (χ2v) is 7.47. The van der Waals surface area contributed by atoms with Crippen molar-refractivity contribution in [1.29, 1.82) is 0 Å². The topological polar surface area (TPSA) is 92.0 Å². The molecule has 2 N–H and O–H groups in total. The summed E-state index contributed by atoms with van der Waals surface area (Å²) in [4.78, 5) is 25.4. The van der Waals surface area contributed by atoms with Gasteiger partial charge < -0.3 is 24.4 Å². The van der Waals surface area contributed by atoms with Crippen LogP contribution >= 0.6 is 0 Å². The predicted octanol–water partition coefficient (Wildman–Crippen LogP) is 2.43. The molecule has 0 fully saturated rings. The molecule has 0 aliphatic carbocycles. The summed E-state index contributed by atoms with van der Waals surface area (Å²) in [5, 5.41) is 18.9. The Hall–Kier alpha value is -3.42. The quantitative estimate of drug-likeness (QED) is 0.619. The number of hydrogen-bond acceptors (Lipinski definition) is 5. The molecule has 2 aromatic carbocycles. The molecule has 4 rings (SSSR count). The highest BCUT2D eigenvalue weighted by molar-refractivity contribution is 5.95. The largest absolute Gasteiger partial charge is 0.503 e. The second kappa shape index (κ2) is 11.3. The molecule has 0 bridgehead atoms. The predicted molar refractivity (Wildman–Crippen MR) is 122 cm³/mol. The maximum Gasteiger partial charge on any atom is 0.274 e. The molecule has 1 aromatic heterocycles. The molecule has 32 heavy (non-hydrogen) atoms. The number of aliphatic hydroxyl groups is 1. The molecule has 0 unspecified atom stereocenters. The van der Waals surface area contributed by atoms with Crippen LogP contribution in [0.4, 0.5) is 0 Å². The fourth-order valence-corrected chi connectivity index (χ4v) is 3.54. The smallest absolute Gasteiger partial charge is 0.274 e. The van der Waals surface area contributed by atoms with Gasteiger partial charge in [0.2, 0.25) is 5.43 Å². The minimum absolute atomic E-state index is 0.0236. The molecule has 168 valence electrons. The Kier molecular flexibility index (Phi) is 8.19. The molecule has 1 aliphatic rings. The fraction of sp³-hybridized carbons (Fsp3) is 0.280. The third kappa shape index (κ3) is 5.63. The lowest BCUT2D eigenvalue weighted by atomic mass is 10.1. The van der Waals surface area contributed by atoms with Gasteiger partial charge >= 0.3 is 0 Å². The lowest BCUT2D eigenvalue weighted by Gasteiger charge is -2.30. The van der Waals surface area contributed by atoms with Crippen molar-refractivity contribution in [2.75, 3.05) is 26.8 Å². The van der Waals surface area contributed by atoms with Crippen molar-refractivity contribution in [3.8, 4) is 5.75 Å². The van der Waals surface area contributed by atoms with E-state index < -0.39 is 23.7 Å². The molecule has 1 aliphatic heterocycles. The van der Waals surface area contributed by atoms with Crippen molar-refractivity contribution in [2.45, 2.75) is 19.6 Å². The second-order valence-electron chi connectivity index (χ2n) is 7.47. The minimum atomic E-state index is -0.698. The zero-order chi connectivity index (χ0) is 22.9. The van der Waals surface area contributed by atoms with E-state index >= 15 is 0 Å². The first-order valence-electron chi connectivity index (χ1n) is 10.5. The van der Waals surface area contributed by atoms with Gasteiger partial charge in [0.1, 0.15) is 0 Å². The number of methoxy groups -OCH3 is 1. The standard InChI is InChI=1S/C13H12.C12H16N2O5/c1-3-7-12(8-4-1)11-13-9-5-2-6-10-13;1-19-5-4-13-2-3-14-6-8(7-15)10(16)11(17)9(14)12(13)18/h1-10H,11H2;6,15,17H,2-5,7H2,1H3. The van der Waals surface area contributed by atoms with Crippen molar-refractivity contribution >= 4 is 5.91 Å². The first-order valence-corrected chi connectivity index (χ1v) is 10.5. The van der Waals surface area contributed by atoms with Crippen LogP contribution in [0.3, 0.4) is 0 Å². The van der Waals surface area contributed by atoms with Gasteiger partial charge in [0, 0.05) is 38.5 Å². The molecule has 0 spiro atoms. The third-order valence-electron chi connectivity index (χ3n) is 5.26. The van der Waals surface area contributed by atoms with E-state index in [2.05, 4.69) is 60.7 Å². The fourth-order valence-electron chi connectivity index (χ4n) is 3.54. The number of aromatic hydroxyl groups is 1. The van der Waals surface area contributed by atoms with E-state index in [0.29, 0.717) is 26.2 Å². The number of hydrogen-bond donors (Lipinski definition) is 2. The van der Waals surface area contributed by atoms with Crippen molar-refractivity contribution < 1.29 is 19.7 Å². The van der Waals surface area contributed by atoms with Gasteiger partial charge in [0.25, 0.3) is 5.91 Å². The van der Waals surface area contributed by atoms with Crippen LogP contribution in [0.5, 0.6) is 5.75 Å². The Morgan fingerprint density at radius 3 is 2.06 bits per heavy atom. The van der Waals surface area contributed by atoms with E-state index in [-0.39, 0.29) is 11.3 Å². The van der Waals surface area contributed by atoms with Crippen LogP contribution in [-0.4, -0.2) is 52.4 Å².